The Morgan fingerprint density at radius 3 is 2.95 bits per heavy atom. The van der Waals surface area contributed by atoms with E-state index < -0.39 is 12.2 Å². The summed E-state index contributed by atoms with van der Waals surface area (Å²) >= 11 is 1.11. The Hall–Kier alpha value is -1.70. The van der Waals surface area contributed by atoms with Crippen molar-refractivity contribution in [2.75, 3.05) is 5.75 Å². The van der Waals surface area contributed by atoms with Crippen LogP contribution in [0.3, 0.4) is 0 Å². The second-order valence-corrected chi connectivity index (χ2v) is 5.94. The SMILES string of the molecule is CC(=O)SCCC(O)C(O)c1cnc2[nH]cc(C=O)c2c1. The smallest absolute Gasteiger partial charge is 0.185 e. The maximum atomic E-state index is 10.9. The maximum Gasteiger partial charge on any atom is 0.185 e. The third-order valence-electron chi connectivity index (χ3n) is 3.14. The topological polar surface area (TPSA) is 103 Å². The lowest BCUT2D eigenvalue weighted by Gasteiger charge is -2.17. The molecule has 2 rings (SSSR count). The number of fused-ring (bicyclic) bond motifs is 1. The third-order valence-corrected chi connectivity index (χ3v) is 3.98. The zero-order chi connectivity index (χ0) is 15.4. The fourth-order valence-corrected chi connectivity index (χ4v) is 2.65. The molecule has 0 aromatic carbocycles. The van der Waals surface area contributed by atoms with E-state index in [-0.39, 0.29) is 11.5 Å². The van der Waals surface area contributed by atoms with Gasteiger partial charge in [-0.05, 0) is 12.5 Å². The summed E-state index contributed by atoms with van der Waals surface area (Å²) in [7, 11) is 0. The number of carbonyl (C=O) groups is 2. The second kappa shape index (κ2) is 6.84. The number of nitrogens with one attached hydrogen (secondary N) is 1. The molecule has 2 aromatic heterocycles. The van der Waals surface area contributed by atoms with Gasteiger partial charge in [-0.1, -0.05) is 11.8 Å². The van der Waals surface area contributed by atoms with Crippen molar-refractivity contribution in [1.29, 1.82) is 0 Å². The lowest BCUT2D eigenvalue weighted by atomic mass is 10.0. The highest BCUT2D eigenvalue weighted by atomic mass is 32.2. The number of aromatic nitrogens is 2. The van der Waals surface area contributed by atoms with E-state index in [0.29, 0.717) is 34.2 Å². The van der Waals surface area contributed by atoms with E-state index >= 15 is 0 Å². The summed E-state index contributed by atoms with van der Waals surface area (Å²) < 4.78 is 0. The number of thioether (sulfide) groups is 1. The molecule has 112 valence electrons. The monoisotopic (exact) mass is 308 g/mol. The number of rotatable bonds is 6. The van der Waals surface area contributed by atoms with Crippen molar-refractivity contribution in [1.82, 2.24) is 9.97 Å². The molecule has 0 amide bonds. The van der Waals surface area contributed by atoms with Crippen LogP contribution in [0, 0.1) is 0 Å². The normalized spacial score (nSPS) is 14.0. The van der Waals surface area contributed by atoms with E-state index in [1.54, 1.807) is 12.3 Å². The van der Waals surface area contributed by atoms with E-state index in [0.717, 1.165) is 11.8 Å². The van der Waals surface area contributed by atoms with Crippen LogP contribution in [0.1, 0.15) is 35.4 Å². The number of aliphatic hydroxyl groups is 2. The molecular formula is C14H16N2O4S. The summed E-state index contributed by atoms with van der Waals surface area (Å²) in [5, 5.41) is 20.7. The largest absolute Gasteiger partial charge is 0.390 e. The summed E-state index contributed by atoms with van der Waals surface area (Å²) in [4.78, 5) is 28.7. The van der Waals surface area contributed by atoms with Gasteiger partial charge >= 0.3 is 0 Å². The van der Waals surface area contributed by atoms with Crippen molar-refractivity contribution >= 4 is 34.2 Å². The zero-order valence-electron chi connectivity index (χ0n) is 11.4. The Bertz CT molecular complexity index is 655. The fraction of sp³-hybridized carbons (Fsp3) is 0.357. The predicted molar refractivity (Wildman–Crippen MR) is 80.2 cm³/mol. The summed E-state index contributed by atoms with van der Waals surface area (Å²) in [6, 6.07) is 1.63. The molecule has 0 fully saturated rings. The van der Waals surface area contributed by atoms with E-state index in [1.807, 2.05) is 0 Å². The van der Waals surface area contributed by atoms with Crippen molar-refractivity contribution < 1.29 is 19.8 Å². The van der Waals surface area contributed by atoms with Crippen LogP contribution in [0.2, 0.25) is 0 Å². The van der Waals surface area contributed by atoms with Gasteiger partial charge in [0.15, 0.2) is 11.4 Å². The number of H-pyrrole nitrogens is 1. The summed E-state index contributed by atoms with van der Waals surface area (Å²) in [6.45, 7) is 1.46. The second-order valence-electron chi connectivity index (χ2n) is 4.67. The molecule has 0 spiro atoms. The Morgan fingerprint density at radius 1 is 1.52 bits per heavy atom. The Morgan fingerprint density at radius 2 is 2.29 bits per heavy atom. The number of carbonyl (C=O) groups excluding carboxylic acids is 2. The first-order valence-electron chi connectivity index (χ1n) is 6.44. The molecule has 0 aliphatic rings. The number of hydrogen-bond acceptors (Lipinski definition) is 6. The molecular weight excluding hydrogens is 292 g/mol. The highest BCUT2D eigenvalue weighted by Gasteiger charge is 2.20. The Labute approximate surface area is 125 Å². The number of aromatic amines is 1. The average molecular weight is 308 g/mol. The third kappa shape index (κ3) is 3.69. The number of aliphatic hydroxyl groups excluding tert-OH is 2. The molecule has 2 heterocycles. The molecule has 21 heavy (non-hydrogen) atoms. The minimum Gasteiger partial charge on any atom is -0.390 e. The first-order chi connectivity index (χ1) is 10.0. The van der Waals surface area contributed by atoms with Gasteiger partial charge in [-0.15, -0.1) is 0 Å². The fourth-order valence-electron chi connectivity index (χ4n) is 2.00. The molecule has 0 aliphatic carbocycles. The van der Waals surface area contributed by atoms with Crippen molar-refractivity contribution in [2.24, 2.45) is 0 Å². The lowest BCUT2D eigenvalue weighted by Crippen LogP contribution is -2.19. The van der Waals surface area contributed by atoms with Gasteiger partial charge in [-0.2, -0.15) is 0 Å². The van der Waals surface area contributed by atoms with Crippen molar-refractivity contribution in [3.8, 4) is 0 Å². The van der Waals surface area contributed by atoms with Crippen LogP contribution in [-0.2, 0) is 4.79 Å². The van der Waals surface area contributed by atoms with Crippen LogP contribution >= 0.6 is 11.8 Å². The van der Waals surface area contributed by atoms with Gasteiger partial charge in [-0.3, -0.25) is 9.59 Å². The summed E-state index contributed by atoms with van der Waals surface area (Å²) in [6.07, 6.45) is 1.90. The average Bonchev–Trinajstić information content (AvgIpc) is 2.88. The Kier molecular flexibility index (Phi) is 5.11. The van der Waals surface area contributed by atoms with Gasteiger partial charge in [-0.25, -0.2) is 4.98 Å². The molecule has 2 atom stereocenters. The first-order valence-corrected chi connectivity index (χ1v) is 7.43. The zero-order valence-corrected chi connectivity index (χ0v) is 12.3. The molecule has 0 saturated heterocycles. The van der Waals surface area contributed by atoms with Gasteiger partial charge in [0.2, 0.25) is 0 Å². The number of hydrogen-bond donors (Lipinski definition) is 3. The highest BCUT2D eigenvalue weighted by Crippen LogP contribution is 2.24. The van der Waals surface area contributed by atoms with E-state index in [1.165, 1.54) is 13.1 Å². The number of aldehydes is 1. The Balaban J connectivity index is 2.12. The van der Waals surface area contributed by atoms with E-state index in [4.69, 9.17) is 0 Å². The van der Waals surface area contributed by atoms with Crippen LogP contribution in [0.5, 0.6) is 0 Å². The van der Waals surface area contributed by atoms with Gasteiger partial charge in [0.05, 0.1) is 6.10 Å². The predicted octanol–water partition coefficient (Wildman–Crippen LogP) is 1.44. The van der Waals surface area contributed by atoms with Crippen molar-refractivity contribution in [3.63, 3.8) is 0 Å². The summed E-state index contributed by atoms with van der Waals surface area (Å²) in [5.74, 6) is 0.437. The van der Waals surface area contributed by atoms with Crippen LogP contribution in [-0.4, -0.2) is 43.4 Å². The lowest BCUT2D eigenvalue weighted by molar-refractivity contribution is -0.109. The molecule has 0 saturated carbocycles. The minimum atomic E-state index is -1.11. The quantitative estimate of drug-likeness (QED) is 0.698. The standard InChI is InChI=1S/C14H16N2O4S/c1-8(18)21-3-2-12(19)13(20)9-4-11-10(7-17)6-16-14(11)15-5-9/h4-7,12-13,19-20H,2-3H2,1H3,(H,15,16). The van der Waals surface area contributed by atoms with Crippen molar-refractivity contribution in [3.05, 3.63) is 29.6 Å². The molecule has 2 aromatic rings. The molecule has 7 heteroatoms. The van der Waals surface area contributed by atoms with Crippen LogP contribution < -0.4 is 0 Å². The van der Waals surface area contributed by atoms with E-state index in [2.05, 4.69) is 9.97 Å². The molecule has 6 nitrogen and oxygen atoms in total. The van der Waals surface area contributed by atoms with Gasteiger partial charge in [0.25, 0.3) is 0 Å². The molecule has 0 bridgehead atoms. The number of pyridine rings is 1. The number of nitrogens with zero attached hydrogens (tertiary/aromatic N) is 1. The first kappa shape index (κ1) is 15.7. The van der Waals surface area contributed by atoms with E-state index in [9.17, 15) is 19.8 Å². The molecule has 3 N–H and O–H groups in total. The maximum absolute atomic E-state index is 10.9. The highest BCUT2D eigenvalue weighted by molar-refractivity contribution is 8.13. The molecule has 0 radical (unpaired) electrons. The van der Waals surface area contributed by atoms with Crippen LogP contribution in [0.4, 0.5) is 0 Å². The summed E-state index contributed by atoms with van der Waals surface area (Å²) in [5.41, 5.74) is 1.44. The van der Waals surface area contributed by atoms with Crippen LogP contribution in [0.25, 0.3) is 11.0 Å². The molecule has 0 aliphatic heterocycles. The molecule has 2 unspecified atom stereocenters. The minimum absolute atomic E-state index is 0.0253. The van der Waals surface area contributed by atoms with Crippen LogP contribution in [0.15, 0.2) is 18.5 Å². The van der Waals surface area contributed by atoms with Gasteiger partial charge < -0.3 is 15.2 Å². The van der Waals surface area contributed by atoms with Gasteiger partial charge in [0.1, 0.15) is 11.8 Å². The van der Waals surface area contributed by atoms with Crippen molar-refractivity contribution in [2.45, 2.75) is 25.6 Å². The van der Waals surface area contributed by atoms with Gasteiger partial charge in [0, 0.05) is 41.6 Å².